The molecule has 168 valence electrons. The van der Waals surface area contributed by atoms with Crippen LogP contribution < -0.4 is 17.0 Å². The van der Waals surface area contributed by atoms with Gasteiger partial charge in [-0.1, -0.05) is 23.4 Å². The summed E-state index contributed by atoms with van der Waals surface area (Å²) in [6.07, 6.45) is 1.57. The highest BCUT2D eigenvalue weighted by Crippen LogP contribution is 2.35. The number of nitrogens with one attached hydrogen (secondary N) is 1. The summed E-state index contributed by atoms with van der Waals surface area (Å²) in [6.45, 7) is 0.881. The van der Waals surface area contributed by atoms with Crippen LogP contribution in [-0.2, 0) is 11.3 Å². The lowest BCUT2D eigenvalue weighted by atomic mass is 10.2. The smallest absolute Gasteiger partial charge is 0.330 e. The highest BCUT2D eigenvalue weighted by Gasteiger charge is 2.30. The number of thioether (sulfide) groups is 1. The molecule has 3 aromatic rings. The number of carbonyl (C=O) groups excluding carboxylic acids is 1. The number of anilines is 1. The summed E-state index contributed by atoms with van der Waals surface area (Å²) >= 11 is 7.11. The zero-order chi connectivity index (χ0) is 22.8. The summed E-state index contributed by atoms with van der Waals surface area (Å²) in [5, 5.41) is 9.56. The Hall–Kier alpha value is -2.89. The van der Waals surface area contributed by atoms with Crippen LogP contribution in [0.4, 0.5) is 5.82 Å². The Balaban J connectivity index is 1.59. The Morgan fingerprint density at radius 2 is 2.00 bits per heavy atom. The summed E-state index contributed by atoms with van der Waals surface area (Å²) in [4.78, 5) is 39.4. The molecule has 0 atom stereocenters. The summed E-state index contributed by atoms with van der Waals surface area (Å²) in [5.41, 5.74) is 5.27. The molecule has 0 aliphatic heterocycles. The molecule has 0 saturated heterocycles. The van der Waals surface area contributed by atoms with Crippen molar-refractivity contribution in [2.45, 2.75) is 30.6 Å². The van der Waals surface area contributed by atoms with Gasteiger partial charge in [-0.3, -0.25) is 23.7 Å². The van der Waals surface area contributed by atoms with Gasteiger partial charge < -0.3 is 10.5 Å². The van der Waals surface area contributed by atoms with Gasteiger partial charge in [-0.15, -0.1) is 10.2 Å². The lowest BCUT2D eigenvalue weighted by Crippen LogP contribution is -2.36. The number of nitrogens with zero attached hydrogens (tertiary/aromatic N) is 4. The first-order valence-corrected chi connectivity index (χ1v) is 11.3. The highest BCUT2D eigenvalue weighted by molar-refractivity contribution is 7.99. The number of nitrogens with two attached hydrogens (primary N) is 1. The number of carbonyl (C=O) groups is 1. The van der Waals surface area contributed by atoms with Crippen molar-refractivity contribution >= 4 is 35.0 Å². The van der Waals surface area contributed by atoms with Gasteiger partial charge in [0.1, 0.15) is 11.4 Å². The van der Waals surface area contributed by atoms with Crippen molar-refractivity contribution < 1.29 is 9.53 Å². The third-order valence-corrected chi connectivity index (χ3v) is 6.26. The monoisotopic (exact) mass is 476 g/mol. The van der Waals surface area contributed by atoms with Crippen molar-refractivity contribution in [1.29, 1.82) is 0 Å². The first-order valence-electron chi connectivity index (χ1n) is 9.89. The van der Waals surface area contributed by atoms with E-state index in [1.807, 2.05) is 16.7 Å². The van der Waals surface area contributed by atoms with Crippen molar-refractivity contribution in [2.24, 2.45) is 0 Å². The molecule has 1 fully saturated rings. The van der Waals surface area contributed by atoms with Gasteiger partial charge >= 0.3 is 5.69 Å². The number of nitrogen functional groups attached to an aromatic ring is 1. The highest BCUT2D eigenvalue weighted by atomic mass is 35.5. The van der Waals surface area contributed by atoms with Crippen molar-refractivity contribution in [3.8, 4) is 11.4 Å². The third-order valence-electron chi connectivity index (χ3n) is 5.04. The lowest BCUT2D eigenvalue weighted by Gasteiger charge is -2.12. The van der Waals surface area contributed by atoms with Crippen LogP contribution in [0.25, 0.3) is 11.4 Å². The Bertz CT molecular complexity index is 1260. The van der Waals surface area contributed by atoms with E-state index in [1.165, 1.54) is 4.57 Å². The van der Waals surface area contributed by atoms with Crippen molar-refractivity contribution in [3.05, 3.63) is 55.7 Å². The number of aromatic nitrogens is 5. The molecule has 3 N–H and O–H groups in total. The lowest BCUT2D eigenvalue weighted by molar-refractivity contribution is 0.102. The SMILES string of the molecule is COCCn1c(SCC(=O)c2c(N)n(C3CC3)c(=O)[nH]c2=O)nnc1-c1ccc(Cl)cc1. The average molecular weight is 477 g/mol. The number of Topliss-reactive ketones (excluding diaryl/α,β-unsaturated/α-hetero) is 1. The van der Waals surface area contributed by atoms with Crippen molar-refractivity contribution in [2.75, 3.05) is 25.2 Å². The molecule has 10 nitrogen and oxygen atoms in total. The van der Waals surface area contributed by atoms with Gasteiger partial charge in [-0.2, -0.15) is 0 Å². The minimum atomic E-state index is -0.780. The van der Waals surface area contributed by atoms with Crippen LogP contribution in [0.1, 0.15) is 29.2 Å². The quantitative estimate of drug-likeness (QED) is 0.353. The molecule has 12 heteroatoms. The number of hydrogen-bond donors (Lipinski definition) is 2. The predicted octanol–water partition coefficient (Wildman–Crippen LogP) is 1.99. The van der Waals surface area contributed by atoms with Crippen molar-refractivity contribution in [1.82, 2.24) is 24.3 Å². The summed E-state index contributed by atoms with van der Waals surface area (Å²) in [7, 11) is 1.59. The van der Waals surface area contributed by atoms with E-state index in [4.69, 9.17) is 22.1 Å². The summed E-state index contributed by atoms with van der Waals surface area (Å²) in [6, 6.07) is 7.10. The molecule has 32 heavy (non-hydrogen) atoms. The normalized spacial score (nSPS) is 13.4. The average Bonchev–Trinajstić information content (AvgIpc) is 3.50. The molecule has 0 radical (unpaired) electrons. The van der Waals surface area contributed by atoms with Gasteiger partial charge in [0.2, 0.25) is 0 Å². The van der Waals surface area contributed by atoms with Crippen LogP contribution in [0.15, 0.2) is 39.0 Å². The third kappa shape index (κ3) is 4.50. The molecule has 1 saturated carbocycles. The Morgan fingerprint density at radius 3 is 2.66 bits per heavy atom. The minimum Gasteiger partial charge on any atom is -0.384 e. The van der Waals surface area contributed by atoms with E-state index < -0.39 is 17.0 Å². The molecule has 2 heterocycles. The number of H-pyrrole nitrogens is 1. The first kappa shape index (κ1) is 22.3. The standard InChI is InChI=1S/C20H21ClN6O4S/c1-31-9-8-26-17(11-2-4-12(21)5-3-11)24-25-20(26)32-10-14(28)15-16(22)27(13-6-7-13)19(30)23-18(15)29/h2-5,13H,6-10,22H2,1H3,(H,23,29,30). The molecule has 1 aromatic carbocycles. The number of rotatable bonds is 9. The fourth-order valence-corrected chi connectivity index (χ4v) is 4.29. The molecule has 2 aromatic heterocycles. The second-order valence-electron chi connectivity index (χ2n) is 7.29. The maximum absolute atomic E-state index is 12.9. The molecule has 1 aliphatic rings. The maximum Gasteiger partial charge on any atom is 0.330 e. The second kappa shape index (κ2) is 9.31. The van der Waals surface area contributed by atoms with E-state index in [9.17, 15) is 14.4 Å². The van der Waals surface area contributed by atoms with Crippen LogP contribution in [0.3, 0.4) is 0 Å². The molecule has 0 spiro atoms. The van der Waals surface area contributed by atoms with Crippen LogP contribution in [0.5, 0.6) is 0 Å². The zero-order valence-corrected chi connectivity index (χ0v) is 18.8. The zero-order valence-electron chi connectivity index (χ0n) is 17.2. The van der Waals surface area contributed by atoms with E-state index in [0.717, 1.165) is 30.2 Å². The van der Waals surface area contributed by atoms with E-state index in [0.29, 0.717) is 29.2 Å². The molecular formula is C20H21ClN6O4S. The second-order valence-corrected chi connectivity index (χ2v) is 8.67. The molecule has 0 unspecified atom stereocenters. The number of halogens is 1. The topological polar surface area (TPSA) is 138 Å². The number of ketones is 1. The molecule has 0 bridgehead atoms. The summed E-state index contributed by atoms with van der Waals surface area (Å²) in [5.74, 6) is -0.0673. The first-order chi connectivity index (χ1) is 15.4. The van der Waals surface area contributed by atoms with Crippen LogP contribution in [0, 0.1) is 0 Å². The molecule has 4 rings (SSSR count). The number of hydrogen-bond acceptors (Lipinski definition) is 8. The van der Waals surface area contributed by atoms with Crippen molar-refractivity contribution in [3.63, 3.8) is 0 Å². The van der Waals surface area contributed by atoms with Gasteiger partial charge in [0, 0.05) is 23.7 Å². The van der Waals surface area contributed by atoms with Gasteiger partial charge in [-0.05, 0) is 37.1 Å². The summed E-state index contributed by atoms with van der Waals surface area (Å²) < 4.78 is 8.32. The van der Waals surface area contributed by atoms with Crippen LogP contribution in [0.2, 0.25) is 5.02 Å². The Labute approximate surface area is 191 Å². The largest absolute Gasteiger partial charge is 0.384 e. The number of methoxy groups -OCH3 is 1. The van der Waals surface area contributed by atoms with E-state index in [1.54, 1.807) is 19.2 Å². The number of ether oxygens (including phenoxy) is 1. The van der Waals surface area contributed by atoms with Gasteiger partial charge in [0.05, 0.1) is 18.9 Å². The molecular weight excluding hydrogens is 456 g/mol. The Morgan fingerprint density at radius 1 is 1.28 bits per heavy atom. The number of aromatic amines is 1. The maximum atomic E-state index is 12.9. The number of benzene rings is 1. The van der Waals surface area contributed by atoms with Crippen LogP contribution >= 0.6 is 23.4 Å². The van der Waals surface area contributed by atoms with Gasteiger partial charge in [-0.25, -0.2) is 4.79 Å². The van der Waals surface area contributed by atoms with E-state index >= 15 is 0 Å². The van der Waals surface area contributed by atoms with Gasteiger partial charge in [0.15, 0.2) is 16.8 Å². The fraction of sp³-hybridized carbons (Fsp3) is 0.350. The van der Waals surface area contributed by atoms with E-state index in [2.05, 4.69) is 15.2 Å². The predicted molar refractivity (Wildman–Crippen MR) is 121 cm³/mol. The molecule has 0 amide bonds. The molecule has 1 aliphatic carbocycles. The Kier molecular flexibility index (Phi) is 6.49. The van der Waals surface area contributed by atoms with Crippen LogP contribution in [-0.4, -0.2) is 49.6 Å². The van der Waals surface area contributed by atoms with Gasteiger partial charge in [0.25, 0.3) is 5.56 Å². The fourth-order valence-electron chi connectivity index (χ4n) is 3.33. The minimum absolute atomic E-state index is 0.0716. The van der Waals surface area contributed by atoms with E-state index in [-0.39, 0.29) is 23.2 Å².